The molecule has 33 heavy (non-hydrogen) atoms. The van der Waals surface area contributed by atoms with E-state index < -0.39 is 18.2 Å². The molecule has 2 amide bonds. The Bertz CT molecular complexity index is 567. The number of methoxy groups -OCH3 is 1. The summed E-state index contributed by atoms with van der Waals surface area (Å²) >= 11 is 0. The van der Waals surface area contributed by atoms with Crippen molar-refractivity contribution in [3.05, 3.63) is 0 Å². The quantitative estimate of drug-likeness (QED) is 0.229. The van der Waals surface area contributed by atoms with Gasteiger partial charge in [-0.1, -0.05) is 60.3 Å². The Morgan fingerprint density at radius 1 is 0.727 bits per heavy atom. The SMILES string of the molecule is CCCCCCCOC(=O)C(CC(C)C)N(C)C(=O)C(CC(C)C)N(C)C(=O)OCCOC. The minimum atomic E-state index is -0.735. The first-order chi connectivity index (χ1) is 15.6. The van der Waals surface area contributed by atoms with Crippen molar-refractivity contribution in [2.75, 3.05) is 41.0 Å². The van der Waals surface area contributed by atoms with Gasteiger partial charge in [-0.15, -0.1) is 0 Å². The second kappa shape index (κ2) is 17.6. The van der Waals surface area contributed by atoms with Crippen molar-refractivity contribution in [1.82, 2.24) is 9.80 Å². The van der Waals surface area contributed by atoms with Gasteiger partial charge < -0.3 is 19.1 Å². The van der Waals surface area contributed by atoms with Gasteiger partial charge in [-0.25, -0.2) is 9.59 Å². The molecule has 0 saturated carbocycles. The van der Waals surface area contributed by atoms with Gasteiger partial charge in [0.25, 0.3) is 0 Å². The number of ether oxygens (including phenoxy) is 3. The van der Waals surface area contributed by atoms with Gasteiger partial charge in [-0.3, -0.25) is 9.69 Å². The molecule has 8 heteroatoms. The number of carbonyl (C=O) groups excluding carboxylic acids is 3. The number of hydrogen-bond acceptors (Lipinski definition) is 6. The first-order valence-corrected chi connectivity index (χ1v) is 12.4. The van der Waals surface area contributed by atoms with Crippen molar-refractivity contribution in [2.45, 2.75) is 91.6 Å². The number of unbranched alkanes of at least 4 members (excludes halogenated alkanes) is 4. The van der Waals surface area contributed by atoms with Crippen LogP contribution in [0.3, 0.4) is 0 Å². The van der Waals surface area contributed by atoms with E-state index in [1.807, 2.05) is 27.7 Å². The van der Waals surface area contributed by atoms with Crippen LogP contribution in [0.4, 0.5) is 4.79 Å². The maximum Gasteiger partial charge on any atom is 0.410 e. The average molecular weight is 473 g/mol. The lowest BCUT2D eigenvalue weighted by Crippen LogP contribution is -2.54. The van der Waals surface area contributed by atoms with Crippen LogP contribution in [0.5, 0.6) is 0 Å². The summed E-state index contributed by atoms with van der Waals surface area (Å²) in [6, 6.07) is -1.43. The maximum atomic E-state index is 13.5. The van der Waals surface area contributed by atoms with E-state index in [0.717, 1.165) is 25.7 Å². The van der Waals surface area contributed by atoms with Gasteiger partial charge in [0.2, 0.25) is 5.91 Å². The Balaban J connectivity index is 5.31. The normalized spacial score (nSPS) is 13.0. The van der Waals surface area contributed by atoms with E-state index in [2.05, 4.69) is 6.92 Å². The molecule has 194 valence electrons. The third-order valence-electron chi connectivity index (χ3n) is 5.52. The van der Waals surface area contributed by atoms with Crippen molar-refractivity contribution in [1.29, 1.82) is 0 Å². The van der Waals surface area contributed by atoms with E-state index in [-0.39, 0.29) is 36.9 Å². The topological polar surface area (TPSA) is 85.4 Å². The second-order valence-electron chi connectivity index (χ2n) is 9.54. The van der Waals surface area contributed by atoms with Crippen LogP contribution < -0.4 is 0 Å². The summed E-state index contributed by atoms with van der Waals surface area (Å²) in [6.45, 7) is 10.9. The van der Waals surface area contributed by atoms with Crippen molar-refractivity contribution in [2.24, 2.45) is 11.8 Å². The number of rotatable bonds is 17. The summed E-state index contributed by atoms with van der Waals surface area (Å²) in [5.74, 6) is -0.313. The van der Waals surface area contributed by atoms with Gasteiger partial charge >= 0.3 is 12.1 Å². The zero-order chi connectivity index (χ0) is 25.4. The van der Waals surface area contributed by atoms with E-state index in [4.69, 9.17) is 14.2 Å². The molecule has 2 unspecified atom stereocenters. The monoisotopic (exact) mass is 472 g/mol. The van der Waals surface area contributed by atoms with Crippen molar-refractivity contribution in [3.63, 3.8) is 0 Å². The zero-order valence-electron chi connectivity index (χ0n) is 22.2. The highest BCUT2D eigenvalue weighted by molar-refractivity contribution is 5.89. The molecule has 0 bridgehead atoms. The molecule has 0 aromatic rings. The van der Waals surface area contributed by atoms with Crippen molar-refractivity contribution in [3.8, 4) is 0 Å². The van der Waals surface area contributed by atoms with Gasteiger partial charge in [0.1, 0.15) is 18.7 Å². The first-order valence-electron chi connectivity index (χ1n) is 12.4. The fraction of sp³-hybridized carbons (Fsp3) is 0.880. The van der Waals surface area contributed by atoms with Crippen LogP contribution in [0.25, 0.3) is 0 Å². The van der Waals surface area contributed by atoms with Crippen LogP contribution in [0, 0.1) is 11.8 Å². The molecule has 0 fully saturated rings. The molecule has 2 atom stereocenters. The highest BCUT2D eigenvalue weighted by atomic mass is 16.6. The molecule has 0 spiro atoms. The Labute approximate surface area is 201 Å². The van der Waals surface area contributed by atoms with Crippen LogP contribution in [0.1, 0.15) is 79.6 Å². The van der Waals surface area contributed by atoms with Crippen molar-refractivity contribution < 1.29 is 28.6 Å². The van der Waals surface area contributed by atoms with Crippen LogP contribution in [0.15, 0.2) is 0 Å². The van der Waals surface area contributed by atoms with Crippen molar-refractivity contribution >= 4 is 18.0 Å². The van der Waals surface area contributed by atoms with Crippen LogP contribution in [-0.4, -0.2) is 80.9 Å². The van der Waals surface area contributed by atoms with E-state index >= 15 is 0 Å². The molecule has 0 rings (SSSR count). The van der Waals surface area contributed by atoms with E-state index in [0.29, 0.717) is 19.4 Å². The molecule has 0 aromatic carbocycles. The van der Waals surface area contributed by atoms with Crippen LogP contribution >= 0.6 is 0 Å². The molecular formula is C25H48N2O6. The van der Waals surface area contributed by atoms with Gasteiger partial charge in [0.05, 0.1) is 13.2 Å². The largest absolute Gasteiger partial charge is 0.464 e. The average Bonchev–Trinajstić information content (AvgIpc) is 2.76. The fourth-order valence-corrected chi connectivity index (χ4v) is 3.53. The number of likely N-dealkylation sites (N-methyl/N-ethyl adjacent to an activating group) is 2. The van der Waals surface area contributed by atoms with Crippen LogP contribution in [0.2, 0.25) is 0 Å². The minimum Gasteiger partial charge on any atom is -0.464 e. The Morgan fingerprint density at radius 2 is 1.30 bits per heavy atom. The molecule has 0 aromatic heterocycles. The van der Waals surface area contributed by atoms with E-state index in [9.17, 15) is 14.4 Å². The van der Waals surface area contributed by atoms with Gasteiger partial charge in [-0.2, -0.15) is 0 Å². The molecule has 0 heterocycles. The van der Waals surface area contributed by atoms with E-state index in [1.54, 1.807) is 14.1 Å². The summed E-state index contributed by atoms with van der Waals surface area (Å²) in [7, 11) is 4.70. The first kappa shape index (κ1) is 31.2. The predicted molar refractivity (Wildman–Crippen MR) is 130 cm³/mol. The number of amides is 2. The van der Waals surface area contributed by atoms with Gasteiger partial charge in [-0.05, 0) is 31.1 Å². The highest BCUT2D eigenvalue weighted by Gasteiger charge is 2.36. The molecule has 0 N–H and O–H groups in total. The predicted octanol–water partition coefficient (Wildman–Crippen LogP) is 4.50. The Kier molecular flexibility index (Phi) is 16.6. The smallest absolute Gasteiger partial charge is 0.410 e. The van der Waals surface area contributed by atoms with Gasteiger partial charge in [0, 0.05) is 21.2 Å². The highest BCUT2D eigenvalue weighted by Crippen LogP contribution is 2.19. The number of hydrogen-bond donors (Lipinski definition) is 0. The third-order valence-corrected chi connectivity index (χ3v) is 5.52. The Hall–Kier alpha value is -1.83. The molecule has 8 nitrogen and oxygen atoms in total. The lowest BCUT2D eigenvalue weighted by molar-refractivity contribution is -0.156. The second-order valence-corrected chi connectivity index (χ2v) is 9.54. The zero-order valence-corrected chi connectivity index (χ0v) is 22.2. The lowest BCUT2D eigenvalue weighted by atomic mass is 9.98. The molecule has 0 aliphatic rings. The summed E-state index contributed by atoms with van der Waals surface area (Å²) in [5, 5.41) is 0. The minimum absolute atomic E-state index is 0.110. The van der Waals surface area contributed by atoms with E-state index in [1.165, 1.54) is 23.3 Å². The molecule has 0 radical (unpaired) electrons. The fourth-order valence-electron chi connectivity index (χ4n) is 3.53. The molecule has 0 saturated heterocycles. The summed E-state index contributed by atoms with van der Waals surface area (Å²) < 4.78 is 15.7. The third kappa shape index (κ3) is 12.8. The van der Waals surface area contributed by atoms with Crippen LogP contribution in [-0.2, 0) is 23.8 Å². The summed E-state index contributed by atoms with van der Waals surface area (Å²) in [4.78, 5) is 41.6. The lowest BCUT2D eigenvalue weighted by Gasteiger charge is -2.34. The summed E-state index contributed by atoms with van der Waals surface area (Å²) in [5.41, 5.74) is 0. The number of esters is 1. The van der Waals surface area contributed by atoms with Gasteiger partial charge in [0.15, 0.2) is 0 Å². The molecule has 0 aliphatic carbocycles. The maximum absolute atomic E-state index is 13.5. The number of carbonyl (C=O) groups is 3. The molecular weight excluding hydrogens is 424 g/mol. The standard InChI is InChI=1S/C25H48N2O6/c1-9-10-11-12-13-14-32-24(29)22(18-20(4)5)26(6)23(28)21(17-19(2)3)27(7)25(30)33-16-15-31-8/h19-22H,9-18H2,1-8H3. The molecule has 0 aliphatic heterocycles. The Morgan fingerprint density at radius 3 is 1.85 bits per heavy atom. The number of nitrogens with zero attached hydrogens (tertiary/aromatic N) is 2. The summed E-state index contributed by atoms with van der Waals surface area (Å²) in [6.07, 6.45) is 5.68.